The Morgan fingerprint density at radius 2 is 1.94 bits per heavy atom. The Morgan fingerprint density at radius 1 is 1.41 bits per heavy atom. The summed E-state index contributed by atoms with van der Waals surface area (Å²) in [7, 11) is 0. The lowest BCUT2D eigenvalue weighted by Gasteiger charge is -2.34. The molecule has 1 unspecified atom stereocenters. The number of carbonyl (C=O) groups is 3. The van der Waals surface area contributed by atoms with Gasteiger partial charge in [-0.2, -0.15) is 0 Å². The molecule has 1 fully saturated rings. The van der Waals surface area contributed by atoms with Crippen LogP contribution in [0.3, 0.4) is 0 Å². The first-order valence-electron chi connectivity index (χ1n) is 6.02. The summed E-state index contributed by atoms with van der Waals surface area (Å²) in [5, 5.41) is 8.82. The monoisotopic (exact) mass is 241 g/mol. The Labute approximate surface area is 101 Å². The normalized spacial score (nSPS) is 19.5. The first-order valence-corrected chi connectivity index (χ1v) is 6.02. The molecule has 0 aromatic heterocycles. The van der Waals surface area contributed by atoms with Crippen molar-refractivity contribution in [2.45, 2.75) is 52.0 Å². The van der Waals surface area contributed by atoms with Crippen molar-refractivity contribution in [3.63, 3.8) is 0 Å². The number of likely N-dealkylation sites (tertiary alicyclic amines) is 1. The van der Waals surface area contributed by atoms with Crippen LogP contribution in [-0.2, 0) is 14.4 Å². The zero-order valence-corrected chi connectivity index (χ0v) is 10.3. The highest BCUT2D eigenvalue weighted by Crippen LogP contribution is 2.23. The SMILES string of the molecule is CCCC(CC(=O)O)N1C(=O)CC(C)CC1=O. The smallest absolute Gasteiger partial charge is 0.305 e. The number of carbonyl (C=O) groups excluding carboxylic acids is 2. The van der Waals surface area contributed by atoms with Gasteiger partial charge >= 0.3 is 5.97 Å². The highest BCUT2D eigenvalue weighted by molar-refractivity contribution is 5.98. The third-order valence-electron chi connectivity index (χ3n) is 2.98. The van der Waals surface area contributed by atoms with Crippen LogP contribution in [0.1, 0.15) is 46.0 Å². The van der Waals surface area contributed by atoms with Crippen molar-refractivity contribution in [3.05, 3.63) is 0 Å². The number of carboxylic acid groups (broad SMARTS) is 1. The van der Waals surface area contributed by atoms with Gasteiger partial charge in [0.15, 0.2) is 0 Å². The lowest BCUT2D eigenvalue weighted by atomic mass is 9.94. The van der Waals surface area contributed by atoms with Crippen LogP contribution in [0.4, 0.5) is 0 Å². The summed E-state index contributed by atoms with van der Waals surface area (Å²) < 4.78 is 0. The zero-order chi connectivity index (χ0) is 13.0. The predicted molar refractivity (Wildman–Crippen MR) is 61.2 cm³/mol. The molecular weight excluding hydrogens is 222 g/mol. The van der Waals surface area contributed by atoms with Crippen molar-refractivity contribution in [2.24, 2.45) is 5.92 Å². The van der Waals surface area contributed by atoms with E-state index < -0.39 is 12.0 Å². The average molecular weight is 241 g/mol. The highest BCUT2D eigenvalue weighted by atomic mass is 16.4. The number of nitrogens with zero attached hydrogens (tertiary/aromatic N) is 1. The maximum absolute atomic E-state index is 11.8. The van der Waals surface area contributed by atoms with E-state index in [-0.39, 0.29) is 24.2 Å². The van der Waals surface area contributed by atoms with Gasteiger partial charge in [-0.3, -0.25) is 19.3 Å². The zero-order valence-electron chi connectivity index (χ0n) is 10.3. The lowest BCUT2D eigenvalue weighted by molar-refractivity contribution is -0.154. The average Bonchev–Trinajstić information content (AvgIpc) is 2.14. The Bertz CT molecular complexity index is 308. The second-order valence-corrected chi connectivity index (χ2v) is 4.71. The fourth-order valence-corrected chi connectivity index (χ4v) is 2.27. The first kappa shape index (κ1) is 13.7. The Hall–Kier alpha value is -1.39. The summed E-state index contributed by atoms with van der Waals surface area (Å²) in [6, 6.07) is -0.481. The molecule has 0 spiro atoms. The molecule has 17 heavy (non-hydrogen) atoms. The largest absolute Gasteiger partial charge is 0.481 e. The van der Waals surface area contributed by atoms with Crippen LogP contribution >= 0.6 is 0 Å². The van der Waals surface area contributed by atoms with Crippen molar-refractivity contribution in [1.82, 2.24) is 4.90 Å². The number of carboxylic acids is 1. The summed E-state index contributed by atoms with van der Waals surface area (Å²) in [6.07, 6.45) is 1.83. The van der Waals surface area contributed by atoms with Crippen LogP contribution in [0, 0.1) is 5.92 Å². The van der Waals surface area contributed by atoms with Crippen molar-refractivity contribution >= 4 is 17.8 Å². The Kier molecular flexibility index (Phi) is 4.66. The fourth-order valence-electron chi connectivity index (χ4n) is 2.27. The molecule has 1 aliphatic heterocycles. The van der Waals surface area contributed by atoms with Gasteiger partial charge in [-0.15, -0.1) is 0 Å². The van der Waals surface area contributed by atoms with E-state index in [1.807, 2.05) is 13.8 Å². The molecule has 1 saturated heterocycles. The Morgan fingerprint density at radius 3 is 2.35 bits per heavy atom. The molecule has 1 N–H and O–H groups in total. The number of imide groups is 1. The van der Waals surface area contributed by atoms with Gasteiger partial charge in [-0.1, -0.05) is 20.3 Å². The van der Waals surface area contributed by atoms with Gasteiger partial charge in [0.25, 0.3) is 0 Å². The van der Waals surface area contributed by atoms with E-state index in [9.17, 15) is 14.4 Å². The lowest BCUT2D eigenvalue weighted by Crippen LogP contribution is -2.49. The molecular formula is C12H19NO4. The number of aliphatic carboxylic acids is 1. The summed E-state index contributed by atoms with van der Waals surface area (Å²) in [5.74, 6) is -1.36. The number of amides is 2. The Balaban J connectivity index is 2.80. The first-order chi connectivity index (χ1) is 7.95. The van der Waals surface area contributed by atoms with Crippen molar-refractivity contribution < 1.29 is 19.5 Å². The third-order valence-corrected chi connectivity index (χ3v) is 2.98. The molecule has 0 saturated carbocycles. The fraction of sp³-hybridized carbons (Fsp3) is 0.750. The summed E-state index contributed by atoms with van der Waals surface area (Å²) >= 11 is 0. The molecule has 1 rings (SSSR count). The minimum Gasteiger partial charge on any atom is -0.481 e. The molecule has 2 amide bonds. The number of hydrogen-bond donors (Lipinski definition) is 1. The van der Waals surface area contributed by atoms with Crippen LogP contribution < -0.4 is 0 Å². The molecule has 5 heteroatoms. The van der Waals surface area contributed by atoms with Gasteiger partial charge in [0.2, 0.25) is 11.8 Å². The van der Waals surface area contributed by atoms with Crippen LogP contribution in [0.25, 0.3) is 0 Å². The standard InChI is InChI=1S/C12H19NO4/c1-3-4-9(7-12(16)17)13-10(14)5-8(2)6-11(13)15/h8-9H,3-7H2,1-2H3,(H,16,17). The molecule has 1 aliphatic rings. The van der Waals surface area contributed by atoms with E-state index >= 15 is 0 Å². The molecule has 0 aliphatic carbocycles. The van der Waals surface area contributed by atoms with Gasteiger partial charge in [-0.25, -0.2) is 0 Å². The van der Waals surface area contributed by atoms with E-state index in [1.54, 1.807) is 0 Å². The van der Waals surface area contributed by atoms with E-state index in [2.05, 4.69) is 0 Å². The van der Waals surface area contributed by atoms with Gasteiger partial charge in [0.05, 0.1) is 12.5 Å². The quantitative estimate of drug-likeness (QED) is 0.738. The van der Waals surface area contributed by atoms with Crippen molar-refractivity contribution in [1.29, 1.82) is 0 Å². The summed E-state index contributed by atoms with van der Waals surface area (Å²) in [6.45, 7) is 3.77. The van der Waals surface area contributed by atoms with E-state index in [4.69, 9.17) is 5.11 Å². The summed E-state index contributed by atoms with van der Waals surface area (Å²) in [5.41, 5.74) is 0. The number of hydrogen-bond acceptors (Lipinski definition) is 3. The molecule has 0 radical (unpaired) electrons. The maximum atomic E-state index is 11.8. The molecule has 1 heterocycles. The highest BCUT2D eigenvalue weighted by Gasteiger charge is 2.35. The molecule has 1 atom stereocenters. The van der Waals surface area contributed by atoms with E-state index in [0.29, 0.717) is 19.3 Å². The van der Waals surface area contributed by atoms with Crippen LogP contribution in [0.2, 0.25) is 0 Å². The second kappa shape index (κ2) is 5.80. The molecule has 0 bridgehead atoms. The van der Waals surface area contributed by atoms with E-state index in [0.717, 1.165) is 6.42 Å². The maximum Gasteiger partial charge on any atom is 0.305 e. The van der Waals surface area contributed by atoms with E-state index in [1.165, 1.54) is 4.90 Å². The molecule has 5 nitrogen and oxygen atoms in total. The number of rotatable bonds is 5. The minimum atomic E-state index is -0.970. The van der Waals surface area contributed by atoms with Gasteiger partial charge in [-0.05, 0) is 12.3 Å². The van der Waals surface area contributed by atoms with Gasteiger partial charge in [0.1, 0.15) is 0 Å². The summed E-state index contributed by atoms with van der Waals surface area (Å²) in [4.78, 5) is 35.6. The third kappa shape index (κ3) is 3.54. The predicted octanol–water partition coefficient (Wildman–Crippen LogP) is 1.41. The van der Waals surface area contributed by atoms with Crippen LogP contribution in [0.5, 0.6) is 0 Å². The molecule has 96 valence electrons. The topological polar surface area (TPSA) is 74.7 Å². The van der Waals surface area contributed by atoms with Crippen molar-refractivity contribution in [2.75, 3.05) is 0 Å². The second-order valence-electron chi connectivity index (χ2n) is 4.71. The molecule has 0 aromatic carbocycles. The minimum absolute atomic E-state index is 0.0679. The number of piperidine rings is 1. The van der Waals surface area contributed by atoms with Crippen molar-refractivity contribution in [3.8, 4) is 0 Å². The van der Waals surface area contributed by atoms with Crippen LogP contribution in [0.15, 0.2) is 0 Å². The molecule has 0 aromatic rings. The van der Waals surface area contributed by atoms with Gasteiger partial charge in [0, 0.05) is 12.8 Å². The van der Waals surface area contributed by atoms with Crippen LogP contribution in [-0.4, -0.2) is 33.8 Å². The van der Waals surface area contributed by atoms with Gasteiger partial charge < -0.3 is 5.11 Å².